The van der Waals surface area contributed by atoms with Crippen molar-refractivity contribution < 1.29 is 9.90 Å². The zero-order valence-corrected chi connectivity index (χ0v) is 8.81. The van der Waals surface area contributed by atoms with Gasteiger partial charge in [-0.1, -0.05) is 6.92 Å². The fraction of sp³-hybridized carbons (Fsp3) is 0.200. The van der Waals surface area contributed by atoms with Gasteiger partial charge in [0.05, 0.1) is 10.2 Å². The van der Waals surface area contributed by atoms with E-state index in [1.54, 1.807) is 0 Å². The van der Waals surface area contributed by atoms with Gasteiger partial charge in [0.2, 0.25) is 0 Å². The van der Waals surface area contributed by atoms with Crippen LogP contribution in [0, 0.1) is 11.3 Å². The number of rotatable bonds is 2. The molecular weight excluding hydrogens is 212 g/mol. The van der Waals surface area contributed by atoms with Gasteiger partial charge in [-0.15, -0.1) is 11.3 Å². The first-order valence-corrected chi connectivity index (χ1v) is 5.26. The molecule has 0 aliphatic carbocycles. The van der Waals surface area contributed by atoms with Crippen LogP contribution in [0.15, 0.2) is 6.07 Å². The van der Waals surface area contributed by atoms with E-state index < -0.39 is 5.97 Å². The van der Waals surface area contributed by atoms with E-state index in [4.69, 9.17) is 10.4 Å². The molecule has 0 fully saturated rings. The maximum absolute atomic E-state index is 10.8. The van der Waals surface area contributed by atoms with Gasteiger partial charge in [-0.05, 0) is 12.5 Å². The van der Waals surface area contributed by atoms with E-state index in [-0.39, 0.29) is 11.3 Å². The molecule has 4 nitrogen and oxygen atoms in total. The highest BCUT2D eigenvalue weighted by Crippen LogP contribution is 2.30. The molecule has 2 N–H and O–H groups in total. The Hall–Kier alpha value is -1.80. The highest BCUT2D eigenvalue weighted by molar-refractivity contribution is 7.19. The predicted molar refractivity (Wildman–Crippen MR) is 57.2 cm³/mol. The minimum absolute atomic E-state index is 0.0126. The van der Waals surface area contributed by atoms with Crippen LogP contribution in [0.2, 0.25) is 0 Å². The molecule has 0 unspecified atom stereocenters. The van der Waals surface area contributed by atoms with Crippen LogP contribution in [-0.2, 0) is 6.42 Å². The van der Waals surface area contributed by atoms with E-state index in [1.807, 2.05) is 19.1 Å². The van der Waals surface area contributed by atoms with Crippen LogP contribution in [0.5, 0.6) is 0 Å². The number of hydrogen-bond donors (Lipinski definition) is 2. The van der Waals surface area contributed by atoms with Gasteiger partial charge in [-0.3, -0.25) is 0 Å². The third-order valence-electron chi connectivity index (χ3n) is 2.19. The first-order valence-electron chi connectivity index (χ1n) is 4.45. The van der Waals surface area contributed by atoms with Crippen molar-refractivity contribution >= 4 is 27.5 Å². The van der Waals surface area contributed by atoms with Crippen molar-refractivity contribution in [3.05, 3.63) is 22.2 Å². The largest absolute Gasteiger partial charge is 0.477 e. The summed E-state index contributed by atoms with van der Waals surface area (Å²) in [6.07, 6.45) is 0.889. The summed E-state index contributed by atoms with van der Waals surface area (Å²) in [4.78, 5) is 14.7. The highest BCUT2D eigenvalue weighted by atomic mass is 32.1. The molecular formula is C10H8N2O2S. The number of hydrogen-bond acceptors (Lipinski definition) is 3. The lowest BCUT2D eigenvalue weighted by Crippen LogP contribution is -1.98. The van der Waals surface area contributed by atoms with Gasteiger partial charge in [-0.25, -0.2) is 4.79 Å². The van der Waals surface area contributed by atoms with Crippen LogP contribution in [0.25, 0.3) is 10.2 Å². The van der Waals surface area contributed by atoms with E-state index >= 15 is 0 Å². The van der Waals surface area contributed by atoms with E-state index in [0.29, 0.717) is 0 Å². The molecule has 0 aliphatic heterocycles. The molecule has 0 aromatic carbocycles. The molecule has 15 heavy (non-hydrogen) atoms. The maximum Gasteiger partial charge on any atom is 0.353 e. The van der Waals surface area contributed by atoms with Crippen molar-refractivity contribution in [1.29, 1.82) is 5.26 Å². The number of carboxylic acid groups (broad SMARTS) is 1. The zero-order valence-electron chi connectivity index (χ0n) is 8.00. The normalized spacial score (nSPS) is 10.4. The highest BCUT2D eigenvalue weighted by Gasteiger charge is 2.18. The van der Waals surface area contributed by atoms with Crippen molar-refractivity contribution in [3.63, 3.8) is 0 Å². The number of nitrogens with one attached hydrogen (secondary N) is 1. The van der Waals surface area contributed by atoms with E-state index in [2.05, 4.69) is 4.98 Å². The van der Waals surface area contributed by atoms with Crippen molar-refractivity contribution in [2.45, 2.75) is 13.3 Å². The second-order valence-corrected chi connectivity index (χ2v) is 4.24. The average Bonchev–Trinajstić information content (AvgIpc) is 2.72. The van der Waals surface area contributed by atoms with Gasteiger partial charge >= 0.3 is 5.97 Å². The summed E-state index contributed by atoms with van der Waals surface area (Å²) in [5, 5.41) is 17.8. The molecule has 2 aromatic rings. The standard InChI is InChI=1S/C10H8N2O2S/c1-2-5-3-7-9(15-5)6(4-11)8(12-7)10(13)14/h3,12H,2H2,1H3,(H,13,14). The summed E-state index contributed by atoms with van der Waals surface area (Å²) < 4.78 is 0.742. The Morgan fingerprint density at radius 1 is 1.73 bits per heavy atom. The minimum Gasteiger partial charge on any atom is -0.477 e. The van der Waals surface area contributed by atoms with Crippen LogP contribution in [0.4, 0.5) is 0 Å². The SMILES string of the molecule is CCc1cc2[nH]c(C(=O)O)c(C#N)c2s1. The van der Waals surface area contributed by atoms with Crippen LogP contribution in [0.1, 0.15) is 27.9 Å². The number of nitriles is 1. The van der Waals surface area contributed by atoms with Crippen LogP contribution in [0.3, 0.4) is 0 Å². The lowest BCUT2D eigenvalue weighted by molar-refractivity contribution is 0.0691. The van der Waals surface area contributed by atoms with Gasteiger partial charge in [0, 0.05) is 4.88 Å². The quantitative estimate of drug-likeness (QED) is 0.815. The second-order valence-electron chi connectivity index (χ2n) is 3.10. The molecule has 2 aromatic heterocycles. The summed E-state index contributed by atoms with van der Waals surface area (Å²) in [7, 11) is 0. The summed E-state index contributed by atoms with van der Waals surface area (Å²) in [6, 6.07) is 3.83. The number of aromatic carboxylic acids is 1. The Morgan fingerprint density at radius 3 is 3.00 bits per heavy atom. The number of carbonyl (C=O) groups is 1. The maximum atomic E-state index is 10.8. The van der Waals surface area contributed by atoms with Crippen molar-refractivity contribution in [2.24, 2.45) is 0 Å². The number of fused-ring (bicyclic) bond motifs is 1. The molecule has 5 heteroatoms. The molecule has 0 radical (unpaired) electrons. The Balaban J connectivity index is 2.74. The van der Waals surface area contributed by atoms with Gasteiger partial charge in [0.1, 0.15) is 17.3 Å². The summed E-state index contributed by atoms with van der Waals surface area (Å²) in [5.74, 6) is -1.09. The van der Waals surface area contributed by atoms with Gasteiger partial charge < -0.3 is 10.1 Å². The smallest absolute Gasteiger partial charge is 0.353 e. The Kier molecular flexibility index (Phi) is 2.21. The Labute approximate surface area is 89.8 Å². The summed E-state index contributed by atoms with van der Waals surface area (Å²) in [5.41, 5.74) is 0.967. The average molecular weight is 220 g/mol. The fourth-order valence-corrected chi connectivity index (χ4v) is 2.53. The topological polar surface area (TPSA) is 76.9 Å². The van der Waals surface area contributed by atoms with Crippen molar-refractivity contribution in [3.8, 4) is 6.07 Å². The molecule has 0 aliphatic rings. The Bertz CT molecular complexity index is 574. The molecule has 2 rings (SSSR count). The van der Waals surface area contributed by atoms with E-state index in [1.165, 1.54) is 11.3 Å². The molecule has 0 amide bonds. The Morgan fingerprint density at radius 2 is 2.47 bits per heavy atom. The van der Waals surface area contributed by atoms with Crippen LogP contribution in [-0.4, -0.2) is 16.1 Å². The number of aromatic amines is 1. The third-order valence-corrected chi connectivity index (χ3v) is 3.49. The van der Waals surface area contributed by atoms with Gasteiger partial charge in [0.15, 0.2) is 0 Å². The summed E-state index contributed by atoms with van der Waals surface area (Å²) in [6.45, 7) is 2.02. The number of aromatic nitrogens is 1. The lowest BCUT2D eigenvalue weighted by atomic mass is 10.2. The monoisotopic (exact) mass is 220 g/mol. The van der Waals surface area contributed by atoms with Gasteiger partial charge in [-0.2, -0.15) is 5.26 Å². The third kappa shape index (κ3) is 1.39. The predicted octanol–water partition coefficient (Wildman–Crippen LogP) is 2.36. The fourth-order valence-electron chi connectivity index (χ4n) is 1.47. The zero-order chi connectivity index (χ0) is 11.0. The minimum atomic E-state index is -1.09. The number of nitrogens with zero attached hydrogens (tertiary/aromatic N) is 1. The molecule has 0 saturated carbocycles. The summed E-state index contributed by atoms with van der Waals surface area (Å²) >= 11 is 1.47. The molecule has 0 bridgehead atoms. The van der Waals surface area contributed by atoms with Crippen molar-refractivity contribution in [2.75, 3.05) is 0 Å². The number of aryl methyl sites for hydroxylation is 1. The first-order chi connectivity index (χ1) is 7.17. The van der Waals surface area contributed by atoms with Crippen molar-refractivity contribution in [1.82, 2.24) is 4.98 Å². The number of H-pyrrole nitrogens is 1. The van der Waals surface area contributed by atoms with Crippen LogP contribution < -0.4 is 0 Å². The van der Waals surface area contributed by atoms with Gasteiger partial charge in [0.25, 0.3) is 0 Å². The number of thiophene rings is 1. The molecule has 0 saturated heterocycles. The molecule has 0 spiro atoms. The lowest BCUT2D eigenvalue weighted by Gasteiger charge is -1.89. The first kappa shape index (κ1) is 9.74. The number of carboxylic acids is 1. The van der Waals surface area contributed by atoms with E-state index in [9.17, 15) is 4.79 Å². The van der Waals surface area contributed by atoms with Crippen LogP contribution >= 0.6 is 11.3 Å². The molecule has 76 valence electrons. The molecule has 0 atom stereocenters. The second kappa shape index (κ2) is 3.41. The molecule has 2 heterocycles. The van der Waals surface area contributed by atoms with E-state index in [0.717, 1.165) is 21.5 Å².